The summed E-state index contributed by atoms with van der Waals surface area (Å²) in [5, 5.41) is 8.38. The molecule has 2 amide bonds. The number of carbonyl (C=O) groups excluding carboxylic acids is 2. The number of thioether (sulfide) groups is 1. The predicted molar refractivity (Wildman–Crippen MR) is 93.7 cm³/mol. The lowest BCUT2D eigenvalue weighted by molar-refractivity contribution is -0.132. The van der Waals surface area contributed by atoms with Gasteiger partial charge in [-0.05, 0) is 31.9 Å². The van der Waals surface area contributed by atoms with E-state index >= 15 is 0 Å². The summed E-state index contributed by atoms with van der Waals surface area (Å²) in [6.07, 6.45) is 1.26. The summed E-state index contributed by atoms with van der Waals surface area (Å²) in [7, 11) is 0. The first kappa shape index (κ1) is 17.5. The Morgan fingerprint density at radius 1 is 1.24 bits per heavy atom. The first-order chi connectivity index (χ1) is 12.0. The van der Waals surface area contributed by atoms with Gasteiger partial charge in [-0.15, -0.1) is 10.2 Å². The number of hydrogen-bond acceptors (Lipinski definition) is 6. The van der Waals surface area contributed by atoms with Crippen LogP contribution in [0.5, 0.6) is 0 Å². The van der Waals surface area contributed by atoms with Crippen LogP contribution in [0.3, 0.4) is 0 Å². The van der Waals surface area contributed by atoms with Crippen molar-refractivity contribution in [3.8, 4) is 11.5 Å². The van der Waals surface area contributed by atoms with Crippen LogP contribution in [-0.2, 0) is 9.59 Å². The Bertz CT molecular complexity index is 752. The molecule has 8 heteroatoms. The van der Waals surface area contributed by atoms with Gasteiger partial charge in [0.1, 0.15) is 0 Å². The Kier molecular flexibility index (Phi) is 5.37. The third-order valence-corrected chi connectivity index (χ3v) is 5.08. The molecule has 2 N–H and O–H groups in total. The summed E-state index contributed by atoms with van der Waals surface area (Å²) in [5.74, 6) is 0.275. The number of rotatable bonds is 5. The van der Waals surface area contributed by atoms with Crippen LogP contribution in [0.1, 0.15) is 18.4 Å². The molecule has 7 nitrogen and oxygen atoms in total. The Morgan fingerprint density at radius 3 is 2.56 bits per heavy atom. The zero-order chi connectivity index (χ0) is 17.8. The molecule has 0 bridgehead atoms. The fourth-order valence-corrected chi connectivity index (χ4v) is 3.38. The molecule has 1 aromatic heterocycles. The van der Waals surface area contributed by atoms with Gasteiger partial charge in [-0.2, -0.15) is 0 Å². The van der Waals surface area contributed by atoms with Gasteiger partial charge in [-0.1, -0.05) is 29.5 Å². The molecule has 1 aromatic carbocycles. The average molecular weight is 360 g/mol. The van der Waals surface area contributed by atoms with Gasteiger partial charge in [0.2, 0.25) is 17.7 Å². The van der Waals surface area contributed by atoms with E-state index in [4.69, 9.17) is 10.2 Å². The Morgan fingerprint density at radius 2 is 1.92 bits per heavy atom. The highest BCUT2D eigenvalue weighted by Crippen LogP contribution is 2.24. The van der Waals surface area contributed by atoms with Crippen LogP contribution in [0, 0.1) is 12.8 Å². The quantitative estimate of drug-likeness (QED) is 0.817. The van der Waals surface area contributed by atoms with Crippen molar-refractivity contribution >= 4 is 23.6 Å². The van der Waals surface area contributed by atoms with Gasteiger partial charge < -0.3 is 15.1 Å². The molecule has 3 rings (SSSR count). The van der Waals surface area contributed by atoms with E-state index in [1.807, 2.05) is 31.2 Å². The van der Waals surface area contributed by atoms with Crippen molar-refractivity contribution in [3.05, 3.63) is 29.8 Å². The van der Waals surface area contributed by atoms with Gasteiger partial charge in [0.25, 0.3) is 5.22 Å². The second-order valence-electron chi connectivity index (χ2n) is 6.09. The Labute approximate surface area is 150 Å². The second-order valence-corrected chi connectivity index (χ2v) is 7.01. The minimum atomic E-state index is -0.282. The fourth-order valence-electron chi connectivity index (χ4n) is 2.71. The number of benzene rings is 1. The van der Waals surface area contributed by atoms with Gasteiger partial charge in [-0.25, -0.2) is 0 Å². The number of primary amides is 1. The van der Waals surface area contributed by atoms with Crippen molar-refractivity contribution in [2.45, 2.75) is 25.0 Å². The first-order valence-corrected chi connectivity index (χ1v) is 9.12. The van der Waals surface area contributed by atoms with Gasteiger partial charge in [0.15, 0.2) is 0 Å². The van der Waals surface area contributed by atoms with Crippen LogP contribution in [0.2, 0.25) is 0 Å². The van der Waals surface area contributed by atoms with Gasteiger partial charge in [0, 0.05) is 24.6 Å². The van der Waals surface area contributed by atoms with Crippen molar-refractivity contribution in [2.24, 2.45) is 11.7 Å². The molecule has 2 aromatic rings. The highest BCUT2D eigenvalue weighted by Gasteiger charge is 2.26. The molecule has 132 valence electrons. The number of nitrogens with zero attached hydrogens (tertiary/aromatic N) is 3. The molecular weight excluding hydrogens is 340 g/mol. The van der Waals surface area contributed by atoms with Crippen LogP contribution in [0.4, 0.5) is 0 Å². The number of aromatic nitrogens is 2. The molecule has 0 spiro atoms. The Balaban J connectivity index is 1.51. The molecule has 25 heavy (non-hydrogen) atoms. The third-order valence-electron chi connectivity index (χ3n) is 4.27. The van der Waals surface area contributed by atoms with Crippen molar-refractivity contribution in [1.82, 2.24) is 15.1 Å². The second kappa shape index (κ2) is 7.69. The largest absolute Gasteiger partial charge is 0.411 e. The molecule has 1 saturated heterocycles. The third kappa shape index (κ3) is 4.39. The maximum Gasteiger partial charge on any atom is 0.277 e. The predicted octanol–water partition coefficient (Wildman–Crippen LogP) is 1.86. The average Bonchev–Trinajstić information content (AvgIpc) is 3.09. The van der Waals surface area contributed by atoms with Crippen molar-refractivity contribution in [3.63, 3.8) is 0 Å². The van der Waals surface area contributed by atoms with Crippen LogP contribution in [-0.4, -0.2) is 45.8 Å². The number of likely N-dealkylation sites (tertiary alicyclic amines) is 1. The van der Waals surface area contributed by atoms with E-state index in [1.165, 1.54) is 11.8 Å². The molecule has 0 atom stereocenters. The summed E-state index contributed by atoms with van der Waals surface area (Å²) < 4.78 is 5.60. The maximum atomic E-state index is 12.3. The standard InChI is InChI=1S/C17H20N4O3S/c1-11-2-4-13(5-3-11)16-19-20-17(24-16)25-10-14(22)21-8-6-12(7-9-21)15(18)23/h2-5,12H,6-10H2,1H3,(H2,18,23). The maximum absolute atomic E-state index is 12.3. The monoisotopic (exact) mass is 360 g/mol. The van der Waals surface area contributed by atoms with Crippen molar-refractivity contribution < 1.29 is 14.0 Å². The molecule has 2 heterocycles. The molecule has 0 saturated carbocycles. The zero-order valence-electron chi connectivity index (χ0n) is 14.0. The molecule has 0 unspecified atom stereocenters. The SMILES string of the molecule is Cc1ccc(-c2nnc(SCC(=O)N3CCC(C(N)=O)CC3)o2)cc1. The summed E-state index contributed by atoms with van der Waals surface area (Å²) in [6, 6.07) is 7.80. The molecule has 1 aliphatic heterocycles. The lowest BCUT2D eigenvalue weighted by Crippen LogP contribution is -2.42. The number of amides is 2. The van der Waals surface area contributed by atoms with Gasteiger partial charge in [-0.3, -0.25) is 9.59 Å². The molecular formula is C17H20N4O3S. The lowest BCUT2D eigenvalue weighted by Gasteiger charge is -2.30. The van der Waals surface area contributed by atoms with Crippen molar-refractivity contribution in [1.29, 1.82) is 0 Å². The number of nitrogens with two attached hydrogens (primary N) is 1. The molecule has 0 aliphatic carbocycles. The van der Waals surface area contributed by atoms with Gasteiger partial charge in [0.05, 0.1) is 5.75 Å². The van der Waals surface area contributed by atoms with E-state index < -0.39 is 0 Å². The van der Waals surface area contributed by atoms with Crippen molar-refractivity contribution in [2.75, 3.05) is 18.8 Å². The van der Waals surface area contributed by atoms with Crippen LogP contribution < -0.4 is 5.73 Å². The van der Waals surface area contributed by atoms with Crippen LogP contribution in [0.15, 0.2) is 33.9 Å². The van der Waals surface area contributed by atoms with E-state index in [0.717, 1.165) is 11.1 Å². The molecule has 0 radical (unpaired) electrons. The van der Waals surface area contributed by atoms with E-state index in [2.05, 4.69) is 10.2 Å². The van der Waals surface area contributed by atoms with Gasteiger partial charge >= 0.3 is 0 Å². The normalized spacial score (nSPS) is 15.3. The topological polar surface area (TPSA) is 102 Å². The lowest BCUT2D eigenvalue weighted by atomic mass is 9.96. The van der Waals surface area contributed by atoms with E-state index in [1.54, 1.807) is 4.90 Å². The minimum Gasteiger partial charge on any atom is -0.411 e. The summed E-state index contributed by atoms with van der Waals surface area (Å²) in [5.41, 5.74) is 7.32. The number of carbonyl (C=O) groups is 2. The van der Waals surface area contributed by atoms with Crippen LogP contribution in [0.25, 0.3) is 11.5 Å². The van der Waals surface area contributed by atoms with E-state index in [9.17, 15) is 9.59 Å². The zero-order valence-corrected chi connectivity index (χ0v) is 14.8. The van der Waals surface area contributed by atoms with Crippen LogP contribution >= 0.6 is 11.8 Å². The minimum absolute atomic E-state index is 0.00278. The smallest absolute Gasteiger partial charge is 0.277 e. The number of hydrogen-bond donors (Lipinski definition) is 1. The molecule has 1 fully saturated rings. The summed E-state index contributed by atoms with van der Waals surface area (Å²) in [6.45, 7) is 3.13. The highest BCUT2D eigenvalue weighted by atomic mass is 32.2. The summed E-state index contributed by atoms with van der Waals surface area (Å²) in [4.78, 5) is 25.2. The number of piperidine rings is 1. The summed E-state index contributed by atoms with van der Waals surface area (Å²) >= 11 is 1.22. The van der Waals surface area contributed by atoms with E-state index in [-0.39, 0.29) is 23.5 Å². The highest BCUT2D eigenvalue weighted by molar-refractivity contribution is 7.99. The fraction of sp³-hybridized carbons (Fsp3) is 0.412. The Hall–Kier alpha value is -2.35. The number of aryl methyl sites for hydroxylation is 1. The molecule has 1 aliphatic rings. The first-order valence-electron chi connectivity index (χ1n) is 8.13. The van der Waals surface area contributed by atoms with E-state index in [0.29, 0.717) is 37.0 Å².